The van der Waals surface area contributed by atoms with Crippen LogP contribution in [0.3, 0.4) is 0 Å². The molecule has 2 aromatic carbocycles. The van der Waals surface area contributed by atoms with Gasteiger partial charge in [-0.05, 0) is 42.5 Å². The maximum absolute atomic E-state index is 12.4. The van der Waals surface area contributed by atoms with E-state index in [-0.39, 0.29) is 32.0 Å². The lowest BCUT2D eigenvalue weighted by Crippen LogP contribution is -2.49. The highest BCUT2D eigenvalue weighted by molar-refractivity contribution is 5.90. The molecular formula is C23H29N5O5. The highest BCUT2D eigenvalue weighted by atomic mass is 16.5. The maximum atomic E-state index is 12.4. The van der Waals surface area contributed by atoms with E-state index in [1.54, 1.807) is 24.3 Å². The lowest BCUT2D eigenvalue weighted by molar-refractivity contribution is -0.142. The van der Waals surface area contributed by atoms with Crippen LogP contribution in [0.5, 0.6) is 0 Å². The van der Waals surface area contributed by atoms with Crippen molar-refractivity contribution >= 4 is 23.8 Å². The fourth-order valence-corrected chi connectivity index (χ4v) is 3.02. The number of benzene rings is 2. The Hall–Kier alpha value is -3.92. The van der Waals surface area contributed by atoms with Gasteiger partial charge < -0.3 is 32.4 Å². The zero-order valence-electron chi connectivity index (χ0n) is 18.1. The molecule has 2 atom stereocenters. The van der Waals surface area contributed by atoms with Crippen LogP contribution in [-0.2, 0) is 27.4 Å². The summed E-state index contributed by atoms with van der Waals surface area (Å²) in [7, 11) is 0. The minimum atomic E-state index is -1.18. The number of carboxylic acid groups (broad SMARTS) is 1. The Bertz CT molecular complexity index is 976. The number of aliphatic carboxylic acids is 1. The molecule has 0 fully saturated rings. The molecule has 10 heteroatoms. The van der Waals surface area contributed by atoms with E-state index in [2.05, 4.69) is 10.3 Å². The van der Waals surface area contributed by atoms with Gasteiger partial charge in [-0.25, -0.2) is 9.59 Å². The summed E-state index contributed by atoms with van der Waals surface area (Å²) in [4.78, 5) is 40.0. The van der Waals surface area contributed by atoms with Gasteiger partial charge in [0.25, 0.3) is 0 Å². The van der Waals surface area contributed by atoms with Crippen molar-refractivity contribution in [2.45, 2.75) is 38.0 Å². The van der Waals surface area contributed by atoms with Gasteiger partial charge in [-0.1, -0.05) is 42.5 Å². The Morgan fingerprint density at radius 1 is 1.03 bits per heavy atom. The number of esters is 1. The Morgan fingerprint density at radius 3 is 2.39 bits per heavy atom. The van der Waals surface area contributed by atoms with Crippen LogP contribution in [-0.4, -0.2) is 47.5 Å². The molecule has 0 heterocycles. The summed E-state index contributed by atoms with van der Waals surface area (Å²) in [5, 5.41) is 11.8. The molecule has 8 N–H and O–H groups in total. The van der Waals surface area contributed by atoms with Gasteiger partial charge in [0, 0.05) is 6.54 Å². The van der Waals surface area contributed by atoms with Gasteiger partial charge in [-0.15, -0.1) is 0 Å². The second-order valence-electron chi connectivity index (χ2n) is 7.42. The molecule has 33 heavy (non-hydrogen) atoms. The molecule has 0 radical (unpaired) electrons. The number of hydrogen-bond acceptors (Lipinski definition) is 6. The van der Waals surface area contributed by atoms with Crippen molar-refractivity contribution in [2.24, 2.45) is 22.2 Å². The summed E-state index contributed by atoms with van der Waals surface area (Å²) in [6.45, 7) is 0.396. The summed E-state index contributed by atoms with van der Waals surface area (Å²) in [5.74, 6) is -2.37. The Labute approximate surface area is 191 Å². The van der Waals surface area contributed by atoms with Crippen molar-refractivity contribution in [3.63, 3.8) is 0 Å². The Kier molecular flexibility index (Phi) is 9.84. The molecule has 0 aliphatic rings. The number of ether oxygens (including phenoxy) is 1. The number of guanidine groups is 1. The van der Waals surface area contributed by atoms with E-state index in [0.717, 1.165) is 5.56 Å². The van der Waals surface area contributed by atoms with Gasteiger partial charge in [0.1, 0.15) is 12.6 Å². The molecule has 0 saturated carbocycles. The summed E-state index contributed by atoms with van der Waals surface area (Å²) in [6.07, 6.45) is 0.636. The normalized spacial score (nSPS) is 12.3. The predicted octanol–water partition coefficient (Wildman–Crippen LogP) is 0.536. The molecule has 10 nitrogen and oxygen atoms in total. The lowest BCUT2D eigenvalue weighted by Gasteiger charge is -2.18. The number of carboxylic acids is 1. The minimum absolute atomic E-state index is 0.0842. The number of carbonyl (C=O) groups is 3. The van der Waals surface area contributed by atoms with Gasteiger partial charge in [0.2, 0.25) is 5.91 Å². The average molecular weight is 456 g/mol. The van der Waals surface area contributed by atoms with Crippen molar-refractivity contribution in [1.82, 2.24) is 5.32 Å². The van der Waals surface area contributed by atoms with Crippen LogP contribution in [0, 0.1) is 0 Å². The number of carbonyl (C=O) groups excluding carboxylic acids is 2. The Morgan fingerprint density at radius 2 is 1.73 bits per heavy atom. The first-order valence-electron chi connectivity index (χ1n) is 10.4. The van der Waals surface area contributed by atoms with E-state index < -0.39 is 29.9 Å². The number of aliphatic imine (C=N–C) groups is 1. The Balaban J connectivity index is 1.90. The third kappa shape index (κ3) is 8.99. The highest BCUT2D eigenvalue weighted by Gasteiger charge is 2.23. The number of hydrogen-bond donors (Lipinski definition) is 5. The summed E-state index contributed by atoms with van der Waals surface area (Å²) in [5.41, 5.74) is 18.3. The molecule has 0 bridgehead atoms. The van der Waals surface area contributed by atoms with Crippen LogP contribution in [0.2, 0.25) is 0 Å². The second kappa shape index (κ2) is 12.8. The molecule has 0 saturated heterocycles. The monoisotopic (exact) mass is 455 g/mol. The standard InChI is InChI=1S/C23H29N5O5/c24-18(20(29)28-19(21(30)31)10-5-11-27-23(25)26)13-16-8-4-9-17(12-16)22(32)33-14-15-6-2-1-3-7-15/h1-4,6-9,12,18-19H,5,10-11,13-14,24H2,(H,28,29)(H,30,31)(H4,25,26,27)/t18-,19-/m0/s1. The van der Waals surface area contributed by atoms with Crippen LogP contribution in [0.25, 0.3) is 0 Å². The van der Waals surface area contributed by atoms with Gasteiger partial charge in [-0.3, -0.25) is 9.79 Å². The molecule has 2 aromatic rings. The molecule has 2 rings (SSSR count). The van der Waals surface area contributed by atoms with Crippen molar-refractivity contribution < 1.29 is 24.2 Å². The average Bonchev–Trinajstić information content (AvgIpc) is 2.79. The van der Waals surface area contributed by atoms with E-state index in [4.69, 9.17) is 21.9 Å². The van der Waals surface area contributed by atoms with E-state index >= 15 is 0 Å². The molecular weight excluding hydrogens is 426 g/mol. The van der Waals surface area contributed by atoms with Crippen LogP contribution >= 0.6 is 0 Å². The summed E-state index contributed by atoms with van der Waals surface area (Å²) < 4.78 is 5.32. The maximum Gasteiger partial charge on any atom is 0.338 e. The fraction of sp³-hybridized carbons (Fsp3) is 0.304. The van der Waals surface area contributed by atoms with E-state index in [0.29, 0.717) is 17.5 Å². The zero-order chi connectivity index (χ0) is 24.2. The van der Waals surface area contributed by atoms with Gasteiger partial charge in [0.15, 0.2) is 5.96 Å². The first-order chi connectivity index (χ1) is 15.8. The predicted molar refractivity (Wildman–Crippen MR) is 123 cm³/mol. The van der Waals surface area contributed by atoms with Crippen molar-refractivity contribution in [3.8, 4) is 0 Å². The van der Waals surface area contributed by atoms with Crippen LogP contribution < -0.4 is 22.5 Å². The largest absolute Gasteiger partial charge is 0.480 e. The highest BCUT2D eigenvalue weighted by Crippen LogP contribution is 2.11. The topological polar surface area (TPSA) is 183 Å². The van der Waals surface area contributed by atoms with Gasteiger partial charge in [-0.2, -0.15) is 0 Å². The number of amides is 1. The van der Waals surface area contributed by atoms with Gasteiger partial charge >= 0.3 is 11.9 Å². The fourth-order valence-electron chi connectivity index (χ4n) is 3.02. The third-order valence-electron chi connectivity index (χ3n) is 4.73. The second-order valence-corrected chi connectivity index (χ2v) is 7.42. The number of nitrogens with two attached hydrogens (primary N) is 3. The van der Waals surface area contributed by atoms with Gasteiger partial charge in [0.05, 0.1) is 11.6 Å². The third-order valence-corrected chi connectivity index (χ3v) is 4.73. The SMILES string of the molecule is NC(N)=NCCC[C@H](NC(=O)[C@@H](N)Cc1cccc(C(=O)OCc2ccccc2)c1)C(=O)O. The molecule has 0 aliphatic heterocycles. The molecule has 176 valence electrons. The zero-order valence-corrected chi connectivity index (χ0v) is 18.1. The first kappa shape index (κ1) is 25.3. The molecule has 1 amide bonds. The quantitative estimate of drug-likeness (QED) is 0.133. The summed E-state index contributed by atoms with van der Waals surface area (Å²) in [6, 6.07) is 13.8. The van der Waals surface area contributed by atoms with Crippen LogP contribution in [0.15, 0.2) is 59.6 Å². The molecule has 0 aromatic heterocycles. The van der Waals surface area contributed by atoms with Crippen LogP contribution in [0.4, 0.5) is 0 Å². The van der Waals surface area contributed by atoms with Crippen molar-refractivity contribution in [3.05, 3.63) is 71.3 Å². The van der Waals surface area contributed by atoms with Crippen molar-refractivity contribution in [1.29, 1.82) is 0 Å². The number of rotatable bonds is 12. The van der Waals surface area contributed by atoms with E-state index in [9.17, 15) is 19.5 Å². The van der Waals surface area contributed by atoms with Crippen LogP contribution in [0.1, 0.15) is 34.3 Å². The molecule has 0 unspecified atom stereocenters. The summed E-state index contributed by atoms with van der Waals surface area (Å²) >= 11 is 0. The van der Waals surface area contributed by atoms with E-state index in [1.807, 2.05) is 30.3 Å². The number of nitrogens with zero attached hydrogens (tertiary/aromatic N) is 1. The number of nitrogens with one attached hydrogen (secondary N) is 1. The minimum Gasteiger partial charge on any atom is -0.480 e. The molecule has 0 aliphatic carbocycles. The smallest absolute Gasteiger partial charge is 0.338 e. The lowest BCUT2D eigenvalue weighted by atomic mass is 10.0. The molecule has 0 spiro atoms. The van der Waals surface area contributed by atoms with E-state index in [1.165, 1.54) is 0 Å². The van der Waals surface area contributed by atoms with Crippen molar-refractivity contribution in [2.75, 3.05) is 6.54 Å². The first-order valence-corrected chi connectivity index (χ1v) is 10.4.